The van der Waals surface area contributed by atoms with Crippen LogP contribution in [0.3, 0.4) is 0 Å². The third kappa shape index (κ3) is 2.53. The smallest absolute Gasteiger partial charge is 0.143 e. The van der Waals surface area contributed by atoms with E-state index in [9.17, 15) is 0 Å². The van der Waals surface area contributed by atoms with E-state index in [2.05, 4.69) is 4.98 Å². The maximum Gasteiger partial charge on any atom is 0.143 e. The first-order chi connectivity index (χ1) is 10.2. The molecule has 0 radical (unpaired) electrons. The number of fused-ring (bicyclic) bond motifs is 1. The monoisotopic (exact) mass is 281 g/mol. The van der Waals surface area contributed by atoms with Crippen molar-refractivity contribution in [1.82, 2.24) is 4.98 Å². The number of methoxy groups -OCH3 is 1. The van der Waals surface area contributed by atoms with Crippen molar-refractivity contribution in [1.29, 1.82) is 0 Å². The lowest BCUT2D eigenvalue weighted by Crippen LogP contribution is -1.94. The minimum Gasteiger partial charge on any atom is -0.495 e. The molecule has 0 bridgehead atoms. The van der Waals surface area contributed by atoms with E-state index < -0.39 is 0 Å². The average molecular weight is 281 g/mol. The second kappa shape index (κ2) is 5.20. The van der Waals surface area contributed by atoms with Crippen molar-refractivity contribution in [2.24, 2.45) is 0 Å². The van der Waals surface area contributed by atoms with Crippen molar-refractivity contribution in [3.8, 4) is 17.2 Å². The molecule has 2 aromatic carbocycles. The number of rotatable bonds is 3. The molecular formula is C16H15N3O2. The molecule has 0 spiro atoms. The van der Waals surface area contributed by atoms with Crippen LogP contribution in [-0.2, 0) is 0 Å². The van der Waals surface area contributed by atoms with Crippen LogP contribution in [0, 0.1) is 0 Å². The van der Waals surface area contributed by atoms with Gasteiger partial charge in [-0.3, -0.25) is 4.98 Å². The van der Waals surface area contributed by atoms with Crippen molar-refractivity contribution < 1.29 is 9.47 Å². The molecule has 21 heavy (non-hydrogen) atoms. The molecule has 0 aliphatic carbocycles. The Balaban J connectivity index is 2.06. The van der Waals surface area contributed by atoms with Gasteiger partial charge in [0.15, 0.2) is 0 Å². The third-order valence-corrected chi connectivity index (χ3v) is 3.16. The lowest BCUT2D eigenvalue weighted by Gasteiger charge is -2.11. The van der Waals surface area contributed by atoms with Crippen LogP contribution in [0.1, 0.15) is 0 Å². The predicted octanol–water partition coefficient (Wildman–Crippen LogP) is 3.20. The normalized spacial score (nSPS) is 10.5. The molecule has 0 aliphatic rings. The molecule has 5 heteroatoms. The summed E-state index contributed by atoms with van der Waals surface area (Å²) < 4.78 is 11.1. The zero-order chi connectivity index (χ0) is 14.8. The highest BCUT2D eigenvalue weighted by atomic mass is 16.5. The number of nitrogen functional groups attached to an aromatic ring is 2. The lowest BCUT2D eigenvalue weighted by atomic mass is 10.1. The van der Waals surface area contributed by atoms with Gasteiger partial charge in [0.05, 0.1) is 18.3 Å². The summed E-state index contributed by atoms with van der Waals surface area (Å²) in [7, 11) is 1.58. The maximum atomic E-state index is 5.95. The summed E-state index contributed by atoms with van der Waals surface area (Å²) in [5.41, 5.74) is 13.6. The van der Waals surface area contributed by atoms with Gasteiger partial charge in [0.1, 0.15) is 17.2 Å². The first-order valence-electron chi connectivity index (χ1n) is 6.43. The Morgan fingerprint density at radius 2 is 1.71 bits per heavy atom. The van der Waals surface area contributed by atoms with Crippen LogP contribution in [-0.4, -0.2) is 12.1 Å². The Kier molecular flexibility index (Phi) is 3.23. The highest BCUT2D eigenvalue weighted by Gasteiger charge is 2.09. The molecule has 0 unspecified atom stereocenters. The summed E-state index contributed by atoms with van der Waals surface area (Å²) in [6, 6.07) is 12.6. The predicted molar refractivity (Wildman–Crippen MR) is 83.6 cm³/mol. The van der Waals surface area contributed by atoms with Gasteiger partial charge < -0.3 is 20.9 Å². The second-order valence-electron chi connectivity index (χ2n) is 4.59. The quantitative estimate of drug-likeness (QED) is 0.720. The van der Waals surface area contributed by atoms with Crippen molar-refractivity contribution in [3.05, 3.63) is 48.7 Å². The van der Waals surface area contributed by atoms with Crippen molar-refractivity contribution in [2.75, 3.05) is 18.6 Å². The van der Waals surface area contributed by atoms with Crippen molar-refractivity contribution >= 4 is 22.3 Å². The summed E-state index contributed by atoms with van der Waals surface area (Å²) >= 11 is 0. The number of aromatic nitrogens is 1. The Labute approximate surface area is 122 Å². The van der Waals surface area contributed by atoms with Gasteiger partial charge in [-0.1, -0.05) is 0 Å². The standard InChI is InChI=1S/C16H15N3O2/c1-20-16-9-14-12(8-13(16)18)15(6-7-19-14)21-11-4-2-10(17)3-5-11/h2-9H,17-18H2,1H3. The molecule has 0 atom stereocenters. The van der Waals surface area contributed by atoms with Crippen LogP contribution in [0.4, 0.5) is 11.4 Å². The zero-order valence-corrected chi connectivity index (χ0v) is 11.5. The van der Waals surface area contributed by atoms with Crippen molar-refractivity contribution in [2.45, 2.75) is 0 Å². The van der Waals surface area contributed by atoms with E-state index >= 15 is 0 Å². The van der Waals surface area contributed by atoms with E-state index in [-0.39, 0.29) is 0 Å². The summed E-state index contributed by atoms with van der Waals surface area (Å²) in [5.74, 6) is 1.98. The molecule has 5 nitrogen and oxygen atoms in total. The van der Waals surface area contributed by atoms with Gasteiger partial charge in [0, 0.05) is 23.3 Å². The molecule has 0 saturated carbocycles. The van der Waals surface area contributed by atoms with Gasteiger partial charge in [-0.25, -0.2) is 0 Å². The van der Waals surface area contributed by atoms with Gasteiger partial charge in [-0.15, -0.1) is 0 Å². The minimum absolute atomic E-state index is 0.542. The summed E-state index contributed by atoms with van der Waals surface area (Å²) in [6.45, 7) is 0. The molecule has 4 N–H and O–H groups in total. The fraction of sp³-hybridized carbons (Fsp3) is 0.0625. The third-order valence-electron chi connectivity index (χ3n) is 3.16. The van der Waals surface area contributed by atoms with Gasteiger partial charge in [-0.2, -0.15) is 0 Å². The molecule has 106 valence electrons. The molecule has 3 rings (SSSR count). The van der Waals surface area contributed by atoms with Crippen LogP contribution < -0.4 is 20.9 Å². The number of hydrogen-bond acceptors (Lipinski definition) is 5. The van der Waals surface area contributed by atoms with Gasteiger partial charge in [0.25, 0.3) is 0 Å². The van der Waals surface area contributed by atoms with E-state index in [1.54, 1.807) is 43.6 Å². The molecule has 0 fully saturated rings. The van der Waals surface area contributed by atoms with E-state index in [4.69, 9.17) is 20.9 Å². The van der Waals surface area contributed by atoms with E-state index in [1.807, 2.05) is 12.1 Å². The number of anilines is 2. The summed E-state index contributed by atoms with van der Waals surface area (Å²) in [5, 5.41) is 0.827. The molecule has 0 saturated heterocycles. The summed E-state index contributed by atoms with van der Waals surface area (Å²) in [4.78, 5) is 4.31. The molecule has 1 heterocycles. The second-order valence-corrected chi connectivity index (χ2v) is 4.59. The number of pyridine rings is 1. The molecule has 1 aromatic heterocycles. The first kappa shape index (κ1) is 13.1. The number of nitrogens with two attached hydrogens (primary N) is 2. The molecular weight excluding hydrogens is 266 g/mol. The Bertz CT molecular complexity index is 785. The first-order valence-corrected chi connectivity index (χ1v) is 6.43. The molecule has 0 amide bonds. The van der Waals surface area contributed by atoms with Crippen molar-refractivity contribution in [3.63, 3.8) is 0 Å². The highest BCUT2D eigenvalue weighted by Crippen LogP contribution is 2.34. The van der Waals surface area contributed by atoms with Gasteiger partial charge >= 0.3 is 0 Å². The number of benzene rings is 2. The summed E-state index contributed by atoms with van der Waals surface area (Å²) in [6.07, 6.45) is 1.69. The van der Waals surface area contributed by atoms with E-state index in [0.29, 0.717) is 28.6 Å². The highest BCUT2D eigenvalue weighted by molar-refractivity contribution is 5.90. The largest absolute Gasteiger partial charge is 0.495 e. The van der Waals surface area contributed by atoms with Crippen LogP contribution >= 0.6 is 0 Å². The topological polar surface area (TPSA) is 83.4 Å². The van der Waals surface area contributed by atoms with E-state index in [0.717, 1.165) is 10.9 Å². The lowest BCUT2D eigenvalue weighted by molar-refractivity contribution is 0.417. The van der Waals surface area contributed by atoms with E-state index in [1.165, 1.54) is 0 Å². The fourth-order valence-corrected chi connectivity index (χ4v) is 2.09. The number of ether oxygens (including phenoxy) is 2. The molecule has 3 aromatic rings. The van der Waals surface area contributed by atoms with Crippen LogP contribution in [0.25, 0.3) is 10.9 Å². The zero-order valence-electron chi connectivity index (χ0n) is 11.5. The Morgan fingerprint density at radius 3 is 2.43 bits per heavy atom. The number of nitrogens with zero attached hydrogens (tertiary/aromatic N) is 1. The minimum atomic E-state index is 0.542. The Morgan fingerprint density at radius 1 is 0.952 bits per heavy atom. The van der Waals surface area contributed by atoms with Crippen LogP contribution in [0.15, 0.2) is 48.7 Å². The maximum absolute atomic E-state index is 5.95. The van der Waals surface area contributed by atoms with Crippen LogP contribution in [0.2, 0.25) is 0 Å². The fourth-order valence-electron chi connectivity index (χ4n) is 2.09. The molecule has 0 aliphatic heterocycles. The average Bonchev–Trinajstić information content (AvgIpc) is 2.49. The SMILES string of the molecule is COc1cc2nccc(Oc3ccc(N)cc3)c2cc1N. The van der Waals surface area contributed by atoms with Gasteiger partial charge in [-0.05, 0) is 36.4 Å². The van der Waals surface area contributed by atoms with Crippen LogP contribution in [0.5, 0.6) is 17.2 Å². The number of hydrogen-bond donors (Lipinski definition) is 2. The van der Waals surface area contributed by atoms with Gasteiger partial charge in [0.2, 0.25) is 0 Å². The Hall–Kier alpha value is -2.95.